The zero-order valence-corrected chi connectivity index (χ0v) is 12.6. The molecular weight excluding hydrogens is 226 g/mol. The molecule has 0 aromatic heterocycles. The molecule has 0 unspecified atom stereocenters. The second-order valence-corrected chi connectivity index (χ2v) is 6.02. The highest BCUT2D eigenvalue weighted by atomic mass is 16.7. The van der Waals surface area contributed by atoms with Crippen molar-refractivity contribution in [3.63, 3.8) is 0 Å². The number of hydrogen-bond acceptors (Lipinski definition) is 3. The molecule has 108 valence electrons. The average Bonchev–Trinajstić information content (AvgIpc) is 2.32. The van der Waals surface area contributed by atoms with Crippen molar-refractivity contribution in [1.82, 2.24) is 5.32 Å². The highest BCUT2D eigenvalue weighted by Crippen LogP contribution is 2.34. The molecule has 1 fully saturated rings. The van der Waals surface area contributed by atoms with Gasteiger partial charge in [0.15, 0.2) is 6.29 Å². The van der Waals surface area contributed by atoms with Gasteiger partial charge in [-0.05, 0) is 44.9 Å². The van der Waals surface area contributed by atoms with Crippen LogP contribution in [-0.4, -0.2) is 32.1 Å². The average molecular weight is 257 g/mol. The van der Waals surface area contributed by atoms with Gasteiger partial charge >= 0.3 is 0 Å². The smallest absolute Gasteiger partial charge is 0.158 e. The van der Waals surface area contributed by atoms with E-state index in [1.807, 2.05) is 13.8 Å². The third-order valence-corrected chi connectivity index (χ3v) is 3.86. The molecule has 1 N–H and O–H groups in total. The Morgan fingerprint density at radius 1 is 1.11 bits per heavy atom. The molecule has 0 aromatic rings. The van der Waals surface area contributed by atoms with Crippen molar-refractivity contribution >= 4 is 0 Å². The molecule has 1 aliphatic carbocycles. The monoisotopic (exact) mass is 257 g/mol. The van der Waals surface area contributed by atoms with Gasteiger partial charge in [-0.1, -0.05) is 13.8 Å². The summed E-state index contributed by atoms with van der Waals surface area (Å²) in [5.41, 5.74) is 0.553. The fourth-order valence-electron chi connectivity index (χ4n) is 2.60. The topological polar surface area (TPSA) is 30.5 Å². The van der Waals surface area contributed by atoms with E-state index in [1.165, 1.54) is 25.7 Å². The first-order valence-electron chi connectivity index (χ1n) is 7.54. The van der Waals surface area contributed by atoms with Crippen LogP contribution in [0.4, 0.5) is 0 Å². The molecule has 0 heterocycles. The summed E-state index contributed by atoms with van der Waals surface area (Å²) in [6, 6.07) is 0.696. The molecule has 0 aliphatic heterocycles. The summed E-state index contributed by atoms with van der Waals surface area (Å²) in [6.07, 6.45) is 6.20. The second kappa shape index (κ2) is 8.13. The molecule has 3 nitrogen and oxygen atoms in total. The maximum atomic E-state index is 5.54. The van der Waals surface area contributed by atoms with Gasteiger partial charge in [0.2, 0.25) is 0 Å². The van der Waals surface area contributed by atoms with E-state index >= 15 is 0 Å². The normalized spacial score (nSPS) is 20.5. The zero-order chi connectivity index (χ0) is 13.4. The van der Waals surface area contributed by atoms with Crippen LogP contribution in [0.1, 0.15) is 59.8 Å². The first-order valence-corrected chi connectivity index (χ1v) is 7.54. The van der Waals surface area contributed by atoms with Gasteiger partial charge in [0.1, 0.15) is 0 Å². The molecule has 0 amide bonds. The van der Waals surface area contributed by atoms with Gasteiger partial charge in [0, 0.05) is 32.2 Å². The maximum absolute atomic E-state index is 5.54. The summed E-state index contributed by atoms with van der Waals surface area (Å²) in [4.78, 5) is 0. The Morgan fingerprint density at radius 3 is 2.17 bits per heavy atom. The van der Waals surface area contributed by atoms with Gasteiger partial charge in [-0.3, -0.25) is 0 Å². The molecule has 18 heavy (non-hydrogen) atoms. The SMILES string of the molecule is CCOC(CCNC1CCC(C)(C)CC1)OCC. The van der Waals surface area contributed by atoms with Gasteiger partial charge in [0.25, 0.3) is 0 Å². The standard InChI is InChI=1S/C15H31NO2/c1-5-17-14(18-6-2)9-12-16-13-7-10-15(3,4)11-8-13/h13-14,16H,5-12H2,1-4H3. The predicted molar refractivity (Wildman–Crippen MR) is 75.7 cm³/mol. The lowest BCUT2D eigenvalue weighted by molar-refractivity contribution is -0.138. The molecule has 1 rings (SSSR count). The van der Waals surface area contributed by atoms with Crippen molar-refractivity contribution in [3.05, 3.63) is 0 Å². The van der Waals surface area contributed by atoms with Gasteiger partial charge in [-0.2, -0.15) is 0 Å². The minimum absolute atomic E-state index is 0.0347. The van der Waals surface area contributed by atoms with E-state index in [4.69, 9.17) is 9.47 Å². The van der Waals surface area contributed by atoms with Crippen LogP contribution in [0.5, 0.6) is 0 Å². The molecule has 0 radical (unpaired) electrons. The third kappa shape index (κ3) is 6.17. The maximum Gasteiger partial charge on any atom is 0.158 e. The minimum atomic E-state index is -0.0347. The number of ether oxygens (including phenoxy) is 2. The van der Waals surface area contributed by atoms with E-state index in [1.54, 1.807) is 0 Å². The van der Waals surface area contributed by atoms with E-state index < -0.39 is 0 Å². The molecule has 1 saturated carbocycles. The fraction of sp³-hybridized carbons (Fsp3) is 1.00. The summed E-state index contributed by atoms with van der Waals surface area (Å²) in [5.74, 6) is 0. The first kappa shape index (κ1) is 15.9. The Morgan fingerprint density at radius 2 is 1.67 bits per heavy atom. The van der Waals surface area contributed by atoms with Crippen LogP contribution in [0.15, 0.2) is 0 Å². The van der Waals surface area contributed by atoms with Crippen molar-refractivity contribution in [3.8, 4) is 0 Å². The summed E-state index contributed by atoms with van der Waals surface area (Å²) in [6.45, 7) is 11.2. The van der Waals surface area contributed by atoms with Crippen LogP contribution in [0.2, 0.25) is 0 Å². The summed E-state index contributed by atoms with van der Waals surface area (Å²) in [5, 5.41) is 3.65. The van der Waals surface area contributed by atoms with Gasteiger partial charge in [0.05, 0.1) is 0 Å². The van der Waals surface area contributed by atoms with Crippen LogP contribution >= 0.6 is 0 Å². The molecular formula is C15H31NO2. The van der Waals surface area contributed by atoms with Gasteiger partial charge in [-0.15, -0.1) is 0 Å². The molecule has 0 atom stereocenters. The predicted octanol–water partition coefficient (Wildman–Crippen LogP) is 3.33. The Kier molecular flexibility index (Phi) is 7.20. The zero-order valence-electron chi connectivity index (χ0n) is 12.6. The summed E-state index contributed by atoms with van der Waals surface area (Å²) >= 11 is 0. The fourth-order valence-corrected chi connectivity index (χ4v) is 2.60. The second-order valence-electron chi connectivity index (χ2n) is 6.02. The number of rotatable bonds is 8. The molecule has 0 aromatic carbocycles. The van der Waals surface area contributed by atoms with E-state index in [2.05, 4.69) is 19.2 Å². The highest BCUT2D eigenvalue weighted by molar-refractivity contribution is 4.82. The molecule has 1 aliphatic rings. The minimum Gasteiger partial charge on any atom is -0.353 e. The lowest BCUT2D eigenvalue weighted by atomic mass is 9.75. The number of hydrogen-bond donors (Lipinski definition) is 1. The van der Waals surface area contributed by atoms with Crippen LogP contribution in [0.25, 0.3) is 0 Å². The van der Waals surface area contributed by atoms with Crippen molar-refractivity contribution in [2.45, 2.75) is 72.1 Å². The molecule has 0 spiro atoms. The molecule has 3 heteroatoms. The quantitative estimate of drug-likeness (QED) is 0.677. The first-order chi connectivity index (χ1) is 8.57. The van der Waals surface area contributed by atoms with Crippen molar-refractivity contribution in [2.75, 3.05) is 19.8 Å². The van der Waals surface area contributed by atoms with E-state index in [0.717, 1.165) is 26.2 Å². The highest BCUT2D eigenvalue weighted by Gasteiger charge is 2.26. The van der Waals surface area contributed by atoms with E-state index in [9.17, 15) is 0 Å². The van der Waals surface area contributed by atoms with Crippen LogP contribution < -0.4 is 5.32 Å². The van der Waals surface area contributed by atoms with Crippen LogP contribution in [-0.2, 0) is 9.47 Å². The summed E-state index contributed by atoms with van der Waals surface area (Å²) < 4.78 is 11.1. The van der Waals surface area contributed by atoms with E-state index in [0.29, 0.717) is 11.5 Å². The lowest BCUT2D eigenvalue weighted by Crippen LogP contribution is -2.37. The Balaban J connectivity index is 2.13. The summed E-state index contributed by atoms with van der Waals surface area (Å²) in [7, 11) is 0. The van der Waals surface area contributed by atoms with Gasteiger partial charge in [-0.25, -0.2) is 0 Å². The van der Waals surface area contributed by atoms with Crippen LogP contribution in [0, 0.1) is 5.41 Å². The Bertz CT molecular complexity index is 203. The number of nitrogens with one attached hydrogen (secondary N) is 1. The van der Waals surface area contributed by atoms with E-state index in [-0.39, 0.29) is 6.29 Å². The molecule has 0 bridgehead atoms. The third-order valence-electron chi connectivity index (χ3n) is 3.86. The van der Waals surface area contributed by atoms with Crippen LogP contribution in [0.3, 0.4) is 0 Å². The Hall–Kier alpha value is -0.120. The lowest BCUT2D eigenvalue weighted by Gasteiger charge is -2.35. The van der Waals surface area contributed by atoms with Crippen molar-refractivity contribution < 1.29 is 9.47 Å². The molecule has 0 saturated heterocycles. The largest absolute Gasteiger partial charge is 0.353 e. The van der Waals surface area contributed by atoms with Gasteiger partial charge < -0.3 is 14.8 Å². The van der Waals surface area contributed by atoms with Crippen molar-refractivity contribution in [1.29, 1.82) is 0 Å². The van der Waals surface area contributed by atoms with Crippen molar-refractivity contribution in [2.24, 2.45) is 5.41 Å². The Labute approximate surface area is 113 Å².